The van der Waals surface area contributed by atoms with Gasteiger partial charge in [0.2, 0.25) is 0 Å². The average Bonchev–Trinajstić information content (AvgIpc) is 3.21. The zero-order chi connectivity index (χ0) is 15.5. The Morgan fingerprint density at radius 3 is 2.38 bits per heavy atom. The number of hydrogen-bond donors (Lipinski definition) is 0. The lowest BCUT2D eigenvalue weighted by Crippen LogP contribution is -2.17. The van der Waals surface area contributed by atoms with Crippen molar-refractivity contribution < 1.29 is 26.7 Å². The topological polar surface area (TPSA) is 53.5 Å². The molecule has 21 heavy (non-hydrogen) atoms. The monoisotopic (exact) mass is 342 g/mol. The van der Waals surface area contributed by atoms with E-state index >= 15 is 0 Å². The second-order valence-corrected chi connectivity index (χ2v) is 7.33. The number of alkyl halides is 3. The fourth-order valence-electron chi connectivity index (χ4n) is 1.46. The van der Waals surface area contributed by atoms with Crippen LogP contribution in [0.2, 0.25) is 0 Å². The SMILES string of the molecule is CCOP(=S)(OCC(F)(F)F)Oc1cnc(C2CC2)nc1. The van der Waals surface area contributed by atoms with E-state index in [1.807, 2.05) is 0 Å². The van der Waals surface area contributed by atoms with E-state index in [1.165, 1.54) is 12.4 Å². The molecule has 1 aromatic heterocycles. The number of halogens is 3. The predicted molar refractivity (Wildman–Crippen MR) is 72.6 cm³/mol. The molecule has 5 nitrogen and oxygen atoms in total. The van der Waals surface area contributed by atoms with E-state index < -0.39 is 19.5 Å². The Morgan fingerprint density at radius 1 is 1.29 bits per heavy atom. The molecule has 0 saturated heterocycles. The van der Waals surface area contributed by atoms with Crippen LogP contribution in [0, 0.1) is 0 Å². The minimum Gasteiger partial charge on any atom is -0.421 e. The normalized spacial score (nSPS) is 18.3. The van der Waals surface area contributed by atoms with Crippen LogP contribution in [0.5, 0.6) is 5.75 Å². The van der Waals surface area contributed by atoms with Crippen molar-refractivity contribution in [2.75, 3.05) is 13.2 Å². The van der Waals surface area contributed by atoms with Crippen LogP contribution < -0.4 is 4.52 Å². The standard InChI is InChI=1S/C11H14F3N2O3PS/c1-2-17-20(21,18-7-11(12,13)14)19-9-5-15-10(16-6-9)8-3-4-8/h5-6,8H,2-4,7H2,1H3. The third-order valence-electron chi connectivity index (χ3n) is 2.48. The van der Waals surface area contributed by atoms with Crippen molar-refractivity contribution in [3.05, 3.63) is 18.2 Å². The van der Waals surface area contributed by atoms with Gasteiger partial charge in [0.05, 0.1) is 19.0 Å². The summed E-state index contributed by atoms with van der Waals surface area (Å²) in [4.78, 5) is 8.19. The molecule has 1 heterocycles. The summed E-state index contributed by atoms with van der Waals surface area (Å²) in [6, 6.07) is 0. The Morgan fingerprint density at radius 2 is 1.90 bits per heavy atom. The van der Waals surface area contributed by atoms with Crippen LogP contribution in [0.1, 0.15) is 31.5 Å². The van der Waals surface area contributed by atoms with Crippen LogP contribution in [0.4, 0.5) is 13.2 Å². The molecular formula is C11H14F3N2O3PS. The molecule has 1 saturated carbocycles. The van der Waals surface area contributed by atoms with Gasteiger partial charge >= 0.3 is 12.9 Å². The summed E-state index contributed by atoms with van der Waals surface area (Å²) >= 11 is 4.94. The van der Waals surface area contributed by atoms with Crippen molar-refractivity contribution in [3.63, 3.8) is 0 Å². The lowest BCUT2D eigenvalue weighted by atomic mass is 10.4. The highest BCUT2D eigenvalue weighted by atomic mass is 32.5. The van der Waals surface area contributed by atoms with E-state index in [0.29, 0.717) is 11.7 Å². The molecule has 1 aliphatic rings. The molecule has 0 radical (unpaired) electrons. The van der Waals surface area contributed by atoms with Crippen LogP contribution >= 0.6 is 6.72 Å². The third kappa shape index (κ3) is 5.50. The molecular weight excluding hydrogens is 328 g/mol. The molecule has 0 amide bonds. The van der Waals surface area contributed by atoms with Crippen LogP contribution in [0.25, 0.3) is 0 Å². The average molecular weight is 342 g/mol. The Bertz CT molecular complexity index is 522. The van der Waals surface area contributed by atoms with Crippen molar-refractivity contribution in [3.8, 4) is 5.75 Å². The summed E-state index contributed by atoms with van der Waals surface area (Å²) in [6.45, 7) is -3.38. The van der Waals surface area contributed by atoms with Crippen molar-refractivity contribution >= 4 is 18.5 Å². The van der Waals surface area contributed by atoms with Gasteiger partial charge in [0, 0.05) is 17.7 Å². The Kier molecular flexibility index (Phi) is 5.19. The van der Waals surface area contributed by atoms with E-state index in [1.54, 1.807) is 6.92 Å². The molecule has 1 fully saturated rings. The molecule has 0 aliphatic heterocycles. The first-order valence-electron chi connectivity index (χ1n) is 6.29. The highest BCUT2D eigenvalue weighted by Crippen LogP contribution is 2.50. The molecule has 1 aromatic rings. The fourth-order valence-corrected chi connectivity index (χ4v) is 3.34. The summed E-state index contributed by atoms with van der Waals surface area (Å²) in [7, 11) is 0. The lowest BCUT2D eigenvalue weighted by molar-refractivity contribution is -0.155. The zero-order valence-electron chi connectivity index (χ0n) is 11.2. The molecule has 0 spiro atoms. The second-order valence-electron chi connectivity index (χ2n) is 4.40. The van der Waals surface area contributed by atoms with Gasteiger partial charge in [-0.25, -0.2) is 9.97 Å². The predicted octanol–water partition coefficient (Wildman–Crippen LogP) is 3.57. The van der Waals surface area contributed by atoms with Crippen molar-refractivity contribution in [2.45, 2.75) is 31.9 Å². The molecule has 1 atom stereocenters. The summed E-state index contributed by atoms with van der Waals surface area (Å²) in [5, 5.41) is 0. The molecule has 0 aromatic carbocycles. The van der Waals surface area contributed by atoms with Gasteiger partial charge < -0.3 is 4.52 Å². The van der Waals surface area contributed by atoms with Gasteiger partial charge in [0.25, 0.3) is 0 Å². The van der Waals surface area contributed by atoms with Gasteiger partial charge in [-0.1, -0.05) is 0 Å². The molecule has 2 rings (SSSR count). The molecule has 0 bridgehead atoms. The van der Waals surface area contributed by atoms with Crippen LogP contribution in [0.15, 0.2) is 12.4 Å². The van der Waals surface area contributed by atoms with Gasteiger partial charge in [-0.2, -0.15) is 13.2 Å². The third-order valence-corrected chi connectivity index (χ3v) is 4.79. The van der Waals surface area contributed by atoms with Gasteiger partial charge in [0.1, 0.15) is 5.82 Å². The highest BCUT2D eigenvalue weighted by Gasteiger charge is 2.34. The fraction of sp³-hybridized carbons (Fsp3) is 0.636. The van der Waals surface area contributed by atoms with E-state index in [2.05, 4.69) is 14.5 Å². The molecule has 0 N–H and O–H groups in total. The summed E-state index contributed by atoms with van der Waals surface area (Å²) in [5.74, 6) is 1.21. The molecule has 1 unspecified atom stereocenters. The number of hydrogen-bond acceptors (Lipinski definition) is 6. The molecule has 1 aliphatic carbocycles. The quantitative estimate of drug-likeness (QED) is 0.706. The van der Waals surface area contributed by atoms with Gasteiger partial charge in [-0.15, -0.1) is 0 Å². The Labute approximate surface area is 125 Å². The van der Waals surface area contributed by atoms with E-state index in [0.717, 1.165) is 12.8 Å². The van der Waals surface area contributed by atoms with Crippen molar-refractivity contribution in [2.24, 2.45) is 0 Å². The first kappa shape index (κ1) is 16.6. The van der Waals surface area contributed by atoms with E-state index in [-0.39, 0.29) is 12.4 Å². The highest BCUT2D eigenvalue weighted by molar-refractivity contribution is 8.07. The first-order chi connectivity index (χ1) is 9.81. The van der Waals surface area contributed by atoms with Crippen LogP contribution in [-0.4, -0.2) is 29.4 Å². The summed E-state index contributed by atoms with van der Waals surface area (Å²) < 4.78 is 51.6. The van der Waals surface area contributed by atoms with Gasteiger partial charge in [-0.3, -0.25) is 9.05 Å². The maximum Gasteiger partial charge on any atom is 0.412 e. The summed E-state index contributed by atoms with van der Waals surface area (Å²) in [5.41, 5.74) is 0. The van der Waals surface area contributed by atoms with Crippen LogP contribution in [-0.2, 0) is 20.9 Å². The summed E-state index contributed by atoms with van der Waals surface area (Å²) in [6.07, 6.45) is 0.337. The van der Waals surface area contributed by atoms with Gasteiger partial charge in [0.15, 0.2) is 12.4 Å². The minimum atomic E-state index is -4.50. The largest absolute Gasteiger partial charge is 0.421 e. The van der Waals surface area contributed by atoms with Crippen molar-refractivity contribution in [1.29, 1.82) is 0 Å². The second kappa shape index (κ2) is 6.56. The zero-order valence-corrected chi connectivity index (χ0v) is 12.9. The maximum atomic E-state index is 12.2. The van der Waals surface area contributed by atoms with E-state index in [4.69, 9.17) is 20.9 Å². The number of nitrogens with zero attached hydrogens (tertiary/aromatic N) is 2. The number of aromatic nitrogens is 2. The lowest BCUT2D eigenvalue weighted by Gasteiger charge is -2.22. The molecule has 118 valence electrons. The first-order valence-corrected chi connectivity index (χ1v) is 8.84. The smallest absolute Gasteiger partial charge is 0.412 e. The maximum absolute atomic E-state index is 12.2. The molecule has 10 heteroatoms. The van der Waals surface area contributed by atoms with Crippen LogP contribution in [0.3, 0.4) is 0 Å². The Hall–Kier alpha value is -0.760. The van der Waals surface area contributed by atoms with Gasteiger partial charge in [-0.05, 0) is 19.8 Å². The van der Waals surface area contributed by atoms with E-state index in [9.17, 15) is 13.2 Å². The minimum absolute atomic E-state index is 0.0795. The Balaban J connectivity index is 2.01. The van der Waals surface area contributed by atoms with Crippen molar-refractivity contribution in [1.82, 2.24) is 9.97 Å². The number of rotatable bonds is 7.